The van der Waals surface area contributed by atoms with Crippen molar-refractivity contribution in [2.24, 2.45) is 5.92 Å². The number of likely N-dealkylation sites (tertiary alicyclic amines) is 1. The Bertz CT molecular complexity index is 683. The molecule has 150 valence electrons. The van der Waals surface area contributed by atoms with Crippen molar-refractivity contribution in [3.63, 3.8) is 0 Å². The van der Waals surface area contributed by atoms with Crippen LogP contribution in [0.3, 0.4) is 0 Å². The van der Waals surface area contributed by atoms with Crippen molar-refractivity contribution in [1.29, 1.82) is 0 Å². The van der Waals surface area contributed by atoms with Crippen LogP contribution in [0.25, 0.3) is 0 Å². The van der Waals surface area contributed by atoms with Gasteiger partial charge in [0.05, 0.1) is 29.5 Å². The maximum absolute atomic E-state index is 12.5. The lowest BCUT2D eigenvalue weighted by Gasteiger charge is -2.28. The molecule has 1 aliphatic rings. The van der Waals surface area contributed by atoms with Gasteiger partial charge in [0.2, 0.25) is 5.91 Å². The summed E-state index contributed by atoms with van der Waals surface area (Å²) < 4.78 is 5.24. The zero-order valence-electron chi connectivity index (χ0n) is 16.2. The number of nitrogens with one attached hydrogen (secondary N) is 2. The number of carbonyl (C=O) groups excluding carboxylic acids is 2. The van der Waals surface area contributed by atoms with Crippen LogP contribution < -0.4 is 21.1 Å². The molecule has 1 unspecified atom stereocenters. The second kappa shape index (κ2) is 9.80. The van der Waals surface area contributed by atoms with Crippen molar-refractivity contribution in [2.45, 2.75) is 39.3 Å². The van der Waals surface area contributed by atoms with Crippen molar-refractivity contribution in [2.75, 3.05) is 32.5 Å². The molecule has 1 aromatic carbocycles. The van der Waals surface area contributed by atoms with Crippen molar-refractivity contribution < 1.29 is 14.3 Å². The minimum Gasteiger partial charge on any atom is -0.496 e. The summed E-state index contributed by atoms with van der Waals surface area (Å²) in [4.78, 5) is 26.3. The molecule has 0 aliphatic carbocycles. The number of rotatable bonds is 8. The van der Waals surface area contributed by atoms with Crippen LogP contribution >= 0.6 is 11.6 Å². The summed E-state index contributed by atoms with van der Waals surface area (Å²) in [5.41, 5.74) is 6.50. The Hall–Kier alpha value is -1.99. The van der Waals surface area contributed by atoms with Crippen molar-refractivity contribution in [3.8, 4) is 5.75 Å². The van der Waals surface area contributed by atoms with E-state index in [1.165, 1.54) is 13.2 Å². The molecule has 2 rings (SSSR count). The zero-order chi connectivity index (χ0) is 20.0. The summed E-state index contributed by atoms with van der Waals surface area (Å²) in [6.07, 6.45) is 2.95. The summed E-state index contributed by atoms with van der Waals surface area (Å²) in [7, 11) is 1.49. The van der Waals surface area contributed by atoms with Gasteiger partial charge in [-0.1, -0.05) is 24.9 Å². The highest BCUT2D eigenvalue weighted by Crippen LogP contribution is 2.29. The second-order valence-electron chi connectivity index (χ2n) is 6.94. The third-order valence-corrected chi connectivity index (χ3v) is 5.13. The lowest BCUT2D eigenvalue weighted by atomic mass is 10.1. The van der Waals surface area contributed by atoms with Crippen molar-refractivity contribution in [3.05, 3.63) is 22.7 Å². The molecule has 27 heavy (non-hydrogen) atoms. The van der Waals surface area contributed by atoms with E-state index >= 15 is 0 Å². The number of amides is 2. The van der Waals surface area contributed by atoms with E-state index in [0.29, 0.717) is 34.5 Å². The number of hydrogen-bond donors (Lipinski definition) is 3. The molecule has 7 nitrogen and oxygen atoms in total. The van der Waals surface area contributed by atoms with Crippen molar-refractivity contribution in [1.82, 2.24) is 15.5 Å². The van der Waals surface area contributed by atoms with Gasteiger partial charge < -0.3 is 21.1 Å². The number of nitrogens with two attached hydrogens (primary N) is 1. The summed E-state index contributed by atoms with van der Waals surface area (Å²) in [6, 6.07) is 3.08. The fourth-order valence-corrected chi connectivity index (χ4v) is 3.58. The standard InChI is InChI=1S/C19H29ClN4O3/c1-4-5-18(23-12(2)25)24-7-6-13(11-24)10-22-19(26)14-8-15(20)16(21)9-17(14)27-3/h8-9,13,18H,4-7,10-11,21H2,1-3H3,(H,22,26)(H,23,25)/t13-,18?/m1/s1. The van der Waals surface area contributed by atoms with Crippen LogP contribution in [0.2, 0.25) is 5.02 Å². The first-order valence-corrected chi connectivity index (χ1v) is 9.65. The second-order valence-corrected chi connectivity index (χ2v) is 7.35. The normalized spacial score (nSPS) is 18.1. The van der Waals surface area contributed by atoms with E-state index in [-0.39, 0.29) is 18.0 Å². The highest BCUT2D eigenvalue weighted by atomic mass is 35.5. The number of benzene rings is 1. The number of ether oxygens (including phenoxy) is 1. The van der Waals surface area contributed by atoms with Gasteiger partial charge in [-0.05, 0) is 24.8 Å². The Balaban J connectivity index is 1.93. The minimum absolute atomic E-state index is 0.0162. The van der Waals surface area contributed by atoms with E-state index < -0.39 is 0 Å². The molecule has 8 heteroatoms. The third-order valence-electron chi connectivity index (χ3n) is 4.80. The largest absolute Gasteiger partial charge is 0.496 e. The number of methoxy groups -OCH3 is 1. The first-order chi connectivity index (χ1) is 12.8. The fraction of sp³-hybridized carbons (Fsp3) is 0.579. The number of halogens is 1. The molecule has 4 N–H and O–H groups in total. The van der Waals surface area contributed by atoms with Crippen LogP contribution in [-0.2, 0) is 4.79 Å². The molecule has 0 aromatic heterocycles. The van der Waals surface area contributed by atoms with E-state index in [9.17, 15) is 9.59 Å². The maximum Gasteiger partial charge on any atom is 0.255 e. The topological polar surface area (TPSA) is 96.7 Å². The summed E-state index contributed by atoms with van der Waals surface area (Å²) in [5, 5.41) is 6.30. The van der Waals surface area contributed by atoms with Crippen LogP contribution in [0.5, 0.6) is 5.75 Å². The molecule has 0 bridgehead atoms. The highest BCUT2D eigenvalue weighted by Gasteiger charge is 2.28. The molecule has 0 spiro atoms. The maximum atomic E-state index is 12.5. The average Bonchev–Trinajstić information content (AvgIpc) is 3.09. The number of nitrogens with zero attached hydrogens (tertiary/aromatic N) is 1. The Morgan fingerprint density at radius 3 is 2.81 bits per heavy atom. The van der Waals surface area contributed by atoms with Crippen LogP contribution in [0, 0.1) is 5.92 Å². The molecule has 1 aromatic rings. The minimum atomic E-state index is -0.237. The van der Waals surface area contributed by atoms with Gasteiger partial charge in [0.25, 0.3) is 5.91 Å². The predicted octanol–water partition coefficient (Wildman–Crippen LogP) is 2.24. The number of carbonyl (C=O) groups is 2. The zero-order valence-corrected chi connectivity index (χ0v) is 16.9. The van der Waals surface area contributed by atoms with Gasteiger partial charge in [0.1, 0.15) is 5.75 Å². The SMILES string of the molecule is CCCC(NC(C)=O)N1CC[C@H](CNC(=O)c2cc(Cl)c(N)cc2OC)C1. The van der Waals surface area contributed by atoms with Gasteiger partial charge >= 0.3 is 0 Å². The molecule has 1 heterocycles. The molecule has 2 amide bonds. The van der Waals surface area contributed by atoms with E-state index in [1.807, 2.05) is 0 Å². The van der Waals surface area contributed by atoms with Gasteiger partial charge in [-0.3, -0.25) is 14.5 Å². The predicted molar refractivity (Wildman–Crippen MR) is 107 cm³/mol. The summed E-state index contributed by atoms with van der Waals surface area (Å²) in [6.45, 7) is 5.95. The molecule has 1 aliphatic heterocycles. The fourth-order valence-electron chi connectivity index (χ4n) is 3.41. The number of hydrogen-bond acceptors (Lipinski definition) is 5. The summed E-state index contributed by atoms with van der Waals surface area (Å²) in [5.74, 6) is 0.477. The van der Waals surface area contributed by atoms with Gasteiger partial charge in [-0.25, -0.2) is 0 Å². The average molecular weight is 397 g/mol. The molecule has 1 saturated heterocycles. The monoisotopic (exact) mass is 396 g/mol. The quantitative estimate of drug-likeness (QED) is 0.585. The molecule has 0 radical (unpaired) electrons. The Morgan fingerprint density at radius 2 is 2.19 bits per heavy atom. The Morgan fingerprint density at radius 1 is 1.44 bits per heavy atom. The van der Waals surface area contributed by atoms with Crippen LogP contribution in [0.4, 0.5) is 5.69 Å². The molecule has 2 atom stereocenters. The Kier molecular flexibility index (Phi) is 7.74. The molecular formula is C19H29ClN4O3. The summed E-state index contributed by atoms with van der Waals surface area (Å²) >= 11 is 6.04. The first-order valence-electron chi connectivity index (χ1n) is 9.28. The van der Waals surface area contributed by atoms with Crippen LogP contribution in [0.15, 0.2) is 12.1 Å². The van der Waals surface area contributed by atoms with E-state index in [0.717, 1.165) is 32.4 Å². The van der Waals surface area contributed by atoms with Gasteiger partial charge in [0.15, 0.2) is 0 Å². The molecular weight excluding hydrogens is 368 g/mol. The van der Waals surface area contributed by atoms with Crippen LogP contribution in [-0.4, -0.2) is 49.6 Å². The molecule has 1 fully saturated rings. The lowest BCUT2D eigenvalue weighted by molar-refractivity contribution is -0.120. The van der Waals surface area contributed by atoms with Gasteiger partial charge in [-0.2, -0.15) is 0 Å². The molecule has 0 saturated carbocycles. The van der Waals surface area contributed by atoms with E-state index in [2.05, 4.69) is 22.5 Å². The van der Waals surface area contributed by atoms with Gasteiger partial charge in [0, 0.05) is 32.6 Å². The third kappa shape index (κ3) is 5.74. The van der Waals surface area contributed by atoms with E-state index in [4.69, 9.17) is 22.1 Å². The Labute approximate surface area is 165 Å². The van der Waals surface area contributed by atoms with Crippen molar-refractivity contribution >= 4 is 29.1 Å². The highest BCUT2D eigenvalue weighted by molar-refractivity contribution is 6.33. The number of anilines is 1. The number of nitrogen functional groups attached to an aromatic ring is 1. The van der Waals surface area contributed by atoms with E-state index in [1.54, 1.807) is 13.0 Å². The smallest absolute Gasteiger partial charge is 0.255 e. The van der Waals surface area contributed by atoms with Gasteiger partial charge in [-0.15, -0.1) is 0 Å². The lowest BCUT2D eigenvalue weighted by Crippen LogP contribution is -2.46. The first kappa shape index (κ1) is 21.3. The van der Waals surface area contributed by atoms with Crippen LogP contribution in [0.1, 0.15) is 43.5 Å².